The summed E-state index contributed by atoms with van der Waals surface area (Å²) in [6.07, 6.45) is 13.6. The third-order valence-corrected chi connectivity index (χ3v) is 5.50. The van der Waals surface area contributed by atoms with Gasteiger partial charge in [-0.2, -0.15) is 0 Å². The highest BCUT2D eigenvalue weighted by Gasteiger charge is 2.23. The van der Waals surface area contributed by atoms with E-state index >= 15 is 0 Å². The SMILES string of the molecule is CCCCCCCCC(CCCCCCC)OC(=O)c1cc(C(=O)O)ccc1C(=O)O. The number of esters is 1. The minimum absolute atomic E-state index is 0.135. The molecule has 1 aromatic carbocycles. The Kier molecular flexibility index (Phi) is 13.3. The fraction of sp³-hybridized carbons (Fsp3) is 0.640. The molecule has 1 aromatic rings. The van der Waals surface area contributed by atoms with E-state index in [0.29, 0.717) is 0 Å². The van der Waals surface area contributed by atoms with Crippen molar-refractivity contribution >= 4 is 17.9 Å². The lowest BCUT2D eigenvalue weighted by molar-refractivity contribution is 0.0244. The van der Waals surface area contributed by atoms with Gasteiger partial charge < -0.3 is 14.9 Å². The van der Waals surface area contributed by atoms with Gasteiger partial charge in [-0.25, -0.2) is 14.4 Å². The van der Waals surface area contributed by atoms with E-state index in [1.165, 1.54) is 31.7 Å². The molecule has 1 unspecified atom stereocenters. The zero-order chi connectivity index (χ0) is 23.1. The Morgan fingerprint density at radius 3 is 1.74 bits per heavy atom. The highest BCUT2D eigenvalue weighted by Crippen LogP contribution is 2.20. The van der Waals surface area contributed by atoms with Gasteiger partial charge in [-0.15, -0.1) is 0 Å². The average Bonchev–Trinajstić information content (AvgIpc) is 2.75. The first-order valence-electron chi connectivity index (χ1n) is 11.7. The summed E-state index contributed by atoms with van der Waals surface area (Å²) in [6, 6.07) is 3.43. The van der Waals surface area contributed by atoms with Crippen LogP contribution in [-0.4, -0.2) is 34.2 Å². The van der Waals surface area contributed by atoms with Gasteiger partial charge in [0.25, 0.3) is 0 Å². The highest BCUT2D eigenvalue weighted by molar-refractivity contribution is 6.04. The van der Waals surface area contributed by atoms with Gasteiger partial charge >= 0.3 is 17.9 Å². The molecule has 174 valence electrons. The minimum Gasteiger partial charge on any atom is -0.478 e. The maximum absolute atomic E-state index is 12.8. The first-order valence-corrected chi connectivity index (χ1v) is 11.7. The van der Waals surface area contributed by atoms with E-state index in [1.807, 2.05) is 0 Å². The third-order valence-electron chi connectivity index (χ3n) is 5.50. The number of benzene rings is 1. The number of carboxylic acid groups (broad SMARTS) is 2. The number of rotatable bonds is 17. The van der Waals surface area contributed by atoms with Crippen LogP contribution < -0.4 is 0 Å². The Bertz CT molecular complexity index is 697. The molecule has 0 saturated heterocycles. The molecular weight excluding hydrogens is 396 g/mol. The molecule has 0 heterocycles. The van der Waals surface area contributed by atoms with Crippen LogP contribution in [0.25, 0.3) is 0 Å². The molecule has 0 fully saturated rings. The number of ether oxygens (including phenoxy) is 1. The van der Waals surface area contributed by atoms with E-state index in [1.54, 1.807) is 0 Å². The largest absolute Gasteiger partial charge is 0.478 e. The summed E-state index contributed by atoms with van der Waals surface area (Å²) >= 11 is 0. The monoisotopic (exact) mass is 434 g/mol. The molecule has 6 nitrogen and oxygen atoms in total. The standard InChI is InChI=1S/C25H38O6/c1-3-5-7-9-11-13-15-20(14-12-10-8-6-4-2)31-25(30)22-18-19(23(26)27)16-17-21(22)24(28)29/h16-18,20H,3-15H2,1-2H3,(H,26,27)(H,28,29). The predicted octanol–water partition coefficient (Wildman–Crippen LogP) is 6.72. The van der Waals surface area contributed by atoms with Gasteiger partial charge in [0.2, 0.25) is 0 Å². The number of hydrogen-bond donors (Lipinski definition) is 2. The van der Waals surface area contributed by atoms with Gasteiger partial charge in [0, 0.05) is 0 Å². The van der Waals surface area contributed by atoms with Crippen molar-refractivity contribution in [2.75, 3.05) is 0 Å². The maximum atomic E-state index is 12.8. The second-order valence-corrected chi connectivity index (χ2v) is 8.16. The van der Waals surface area contributed by atoms with Gasteiger partial charge in [-0.05, 0) is 43.9 Å². The van der Waals surface area contributed by atoms with E-state index < -0.39 is 17.9 Å². The molecule has 0 aromatic heterocycles. The molecular formula is C25H38O6. The fourth-order valence-electron chi connectivity index (χ4n) is 3.64. The number of hydrogen-bond acceptors (Lipinski definition) is 4. The topological polar surface area (TPSA) is 101 Å². The van der Waals surface area contributed by atoms with E-state index in [-0.39, 0.29) is 22.8 Å². The van der Waals surface area contributed by atoms with E-state index in [2.05, 4.69) is 13.8 Å². The van der Waals surface area contributed by atoms with Gasteiger partial charge in [-0.1, -0.05) is 71.6 Å². The second kappa shape index (κ2) is 15.4. The van der Waals surface area contributed by atoms with Crippen LogP contribution >= 0.6 is 0 Å². The molecule has 0 spiro atoms. The van der Waals surface area contributed by atoms with Crippen LogP contribution in [-0.2, 0) is 4.74 Å². The van der Waals surface area contributed by atoms with Crippen LogP contribution in [0.1, 0.15) is 128 Å². The Morgan fingerprint density at radius 2 is 1.26 bits per heavy atom. The Morgan fingerprint density at radius 1 is 0.742 bits per heavy atom. The van der Waals surface area contributed by atoms with Crippen molar-refractivity contribution in [2.24, 2.45) is 0 Å². The lowest BCUT2D eigenvalue weighted by atomic mass is 10.0. The molecule has 31 heavy (non-hydrogen) atoms. The molecule has 6 heteroatoms. The van der Waals surface area contributed by atoms with Crippen molar-refractivity contribution in [3.63, 3.8) is 0 Å². The first-order chi connectivity index (χ1) is 14.9. The zero-order valence-electron chi connectivity index (χ0n) is 19.0. The summed E-state index contributed by atoms with van der Waals surface area (Å²) in [5.41, 5.74) is -0.577. The first kappa shape index (κ1) is 26.7. The normalized spacial score (nSPS) is 11.8. The van der Waals surface area contributed by atoms with Crippen LogP contribution in [0.2, 0.25) is 0 Å². The lowest BCUT2D eigenvalue weighted by Crippen LogP contribution is -2.21. The van der Waals surface area contributed by atoms with Crippen molar-refractivity contribution in [3.05, 3.63) is 34.9 Å². The molecule has 0 aliphatic heterocycles. The number of carbonyl (C=O) groups is 3. The molecule has 0 aliphatic rings. The van der Waals surface area contributed by atoms with Crippen LogP contribution in [0.4, 0.5) is 0 Å². The van der Waals surface area contributed by atoms with Crippen LogP contribution in [0.3, 0.4) is 0 Å². The van der Waals surface area contributed by atoms with Crippen molar-refractivity contribution in [1.29, 1.82) is 0 Å². The van der Waals surface area contributed by atoms with Crippen molar-refractivity contribution < 1.29 is 29.3 Å². The lowest BCUT2D eigenvalue weighted by Gasteiger charge is -2.19. The van der Waals surface area contributed by atoms with E-state index in [4.69, 9.17) is 4.74 Å². The van der Waals surface area contributed by atoms with Crippen molar-refractivity contribution in [3.8, 4) is 0 Å². The Labute approximate surface area is 186 Å². The summed E-state index contributed by atoms with van der Waals surface area (Å²) in [5, 5.41) is 18.6. The van der Waals surface area contributed by atoms with E-state index in [0.717, 1.165) is 69.9 Å². The molecule has 0 saturated carbocycles. The van der Waals surface area contributed by atoms with Crippen LogP contribution in [0.5, 0.6) is 0 Å². The van der Waals surface area contributed by atoms with Gasteiger partial charge in [0.15, 0.2) is 0 Å². The molecule has 0 bridgehead atoms. The van der Waals surface area contributed by atoms with Crippen molar-refractivity contribution in [2.45, 2.75) is 103 Å². The smallest absolute Gasteiger partial charge is 0.339 e. The quantitative estimate of drug-likeness (QED) is 0.208. The highest BCUT2D eigenvalue weighted by atomic mass is 16.5. The molecule has 0 radical (unpaired) electrons. The minimum atomic E-state index is -1.28. The Balaban J connectivity index is 2.80. The third kappa shape index (κ3) is 10.5. The van der Waals surface area contributed by atoms with Crippen LogP contribution in [0.15, 0.2) is 18.2 Å². The van der Waals surface area contributed by atoms with Crippen LogP contribution in [0, 0.1) is 0 Å². The van der Waals surface area contributed by atoms with Gasteiger partial charge in [0.1, 0.15) is 6.10 Å². The molecule has 1 rings (SSSR count). The summed E-state index contributed by atoms with van der Waals surface area (Å²) in [4.78, 5) is 35.6. The summed E-state index contributed by atoms with van der Waals surface area (Å²) in [7, 11) is 0. The van der Waals surface area contributed by atoms with Crippen molar-refractivity contribution in [1.82, 2.24) is 0 Å². The second-order valence-electron chi connectivity index (χ2n) is 8.16. The molecule has 0 amide bonds. The number of carbonyl (C=O) groups excluding carboxylic acids is 1. The molecule has 1 atom stereocenters. The zero-order valence-corrected chi connectivity index (χ0v) is 19.0. The maximum Gasteiger partial charge on any atom is 0.339 e. The van der Waals surface area contributed by atoms with E-state index in [9.17, 15) is 24.6 Å². The van der Waals surface area contributed by atoms with Gasteiger partial charge in [-0.3, -0.25) is 0 Å². The summed E-state index contributed by atoms with van der Waals surface area (Å²) < 4.78 is 5.70. The number of aromatic carboxylic acids is 2. The number of carboxylic acids is 2. The van der Waals surface area contributed by atoms with Gasteiger partial charge in [0.05, 0.1) is 16.7 Å². The summed E-state index contributed by atoms with van der Waals surface area (Å²) in [5.74, 6) is -3.26. The average molecular weight is 435 g/mol. The molecule has 0 aliphatic carbocycles. The Hall–Kier alpha value is -2.37. The summed E-state index contributed by atoms with van der Waals surface area (Å²) in [6.45, 7) is 4.34. The molecule has 2 N–H and O–H groups in total. The predicted molar refractivity (Wildman–Crippen MR) is 121 cm³/mol. The number of unbranched alkanes of at least 4 members (excludes halogenated alkanes) is 9. The fourth-order valence-corrected chi connectivity index (χ4v) is 3.64.